The average Bonchev–Trinajstić information content (AvgIpc) is 2.58. The van der Waals surface area contributed by atoms with E-state index in [4.69, 9.17) is 9.47 Å². The lowest BCUT2D eigenvalue weighted by Crippen LogP contribution is -2.55. The highest BCUT2D eigenvalue weighted by Gasteiger charge is 2.43. The molecule has 2 aliphatic heterocycles. The molecule has 0 aromatic heterocycles. The van der Waals surface area contributed by atoms with E-state index < -0.39 is 18.0 Å². The van der Waals surface area contributed by atoms with Gasteiger partial charge in [-0.3, -0.25) is 9.59 Å². The number of likely N-dealkylation sites (N-methyl/N-ethyl adjacent to an activating group) is 1. The number of hydrogen-bond donors (Lipinski definition) is 0. The predicted molar refractivity (Wildman–Crippen MR) is 79.1 cm³/mol. The van der Waals surface area contributed by atoms with E-state index in [0.717, 1.165) is 0 Å². The van der Waals surface area contributed by atoms with Gasteiger partial charge in [0.05, 0.1) is 19.3 Å². The third-order valence-corrected chi connectivity index (χ3v) is 4.27. The number of hydrogen-bond acceptors (Lipinski definition) is 4. The SMILES string of the molecule is CN1C(=O)CO[C@H](C(=O)N2CCOCC2)[C@@H]1c1ccccc1F. The summed E-state index contributed by atoms with van der Waals surface area (Å²) in [6.45, 7) is 1.71. The molecule has 6 nitrogen and oxygen atoms in total. The predicted octanol–water partition coefficient (Wildman–Crippen LogP) is 0.583. The van der Waals surface area contributed by atoms with Crippen molar-refractivity contribution in [3.05, 3.63) is 35.6 Å². The summed E-state index contributed by atoms with van der Waals surface area (Å²) < 4.78 is 25.0. The number of benzene rings is 1. The van der Waals surface area contributed by atoms with E-state index in [1.54, 1.807) is 30.1 Å². The Morgan fingerprint density at radius 1 is 1.26 bits per heavy atom. The van der Waals surface area contributed by atoms with Gasteiger partial charge in [-0.15, -0.1) is 0 Å². The third kappa shape index (κ3) is 3.07. The fraction of sp³-hybridized carbons (Fsp3) is 0.500. The van der Waals surface area contributed by atoms with Gasteiger partial charge < -0.3 is 19.3 Å². The molecule has 7 heteroatoms. The van der Waals surface area contributed by atoms with E-state index in [2.05, 4.69) is 0 Å². The summed E-state index contributed by atoms with van der Waals surface area (Å²) in [7, 11) is 1.57. The maximum atomic E-state index is 14.2. The van der Waals surface area contributed by atoms with Crippen LogP contribution in [-0.4, -0.2) is 67.7 Å². The molecule has 2 fully saturated rings. The molecule has 3 rings (SSSR count). The molecule has 2 amide bonds. The smallest absolute Gasteiger partial charge is 0.254 e. The second-order valence-corrected chi connectivity index (χ2v) is 5.64. The molecule has 1 aromatic rings. The van der Waals surface area contributed by atoms with Gasteiger partial charge >= 0.3 is 0 Å². The summed E-state index contributed by atoms with van der Waals surface area (Å²) in [6, 6.07) is 5.38. The zero-order valence-corrected chi connectivity index (χ0v) is 12.9. The first-order chi connectivity index (χ1) is 11.1. The molecule has 0 radical (unpaired) electrons. The highest BCUT2D eigenvalue weighted by molar-refractivity contribution is 5.86. The highest BCUT2D eigenvalue weighted by atomic mass is 19.1. The number of ether oxygens (including phenoxy) is 2. The van der Waals surface area contributed by atoms with Crippen molar-refractivity contribution < 1.29 is 23.5 Å². The van der Waals surface area contributed by atoms with Gasteiger partial charge in [0.1, 0.15) is 12.4 Å². The number of amides is 2. The normalized spacial score (nSPS) is 25.6. The minimum atomic E-state index is -0.910. The average molecular weight is 322 g/mol. The van der Waals surface area contributed by atoms with Gasteiger partial charge in [-0.05, 0) is 6.07 Å². The molecule has 2 heterocycles. The Morgan fingerprint density at radius 2 is 1.96 bits per heavy atom. The van der Waals surface area contributed by atoms with Crippen molar-refractivity contribution >= 4 is 11.8 Å². The van der Waals surface area contributed by atoms with Gasteiger partial charge in [-0.1, -0.05) is 18.2 Å². The van der Waals surface area contributed by atoms with E-state index in [9.17, 15) is 14.0 Å². The van der Waals surface area contributed by atoms with Gasteiger partial charge in [0.25, 0.3) is 5.91 Å². The highest BCUT2D eigenvalue weighted by Crippen LogP contribution is 2.31. The van der Waals surface area contributed by atoms with E-state index >= 15 is 0 Å². The van der Waals surface area contributed by atoms with Crippen LogP contribution in [0.15, 0.2) is 24.3 Å². The third-order valence-electron chi connectivity index (χ3n) is 4.27. The van der Waals surface area contributed by atoms with Crippen LogP contribution in [0.1, 0.15) is 11.6 Å². The van der Waals surface area contributed by atoms with E-state index in [1.807, 2.05) is 0 Å². The number of nitrogens with zero attached hydrogens (tertiary/aromatic N) is 2. The van der Waals surface area contributed by atoms with Crippen molar-refractivity contribution in [1.29, 1.82) is 0 Å². The molecule has 0 saturated carbocycles. The van der Waals surface area contributed by atoms with E-state index in [-0.39, 0.29) is 24.0 Å². The quantitative estimate of drug-likeness (QED) is 0.799. The van der Waals surface area contributed by atoms with Crippen molar-refractivity contribution in [3.8, 4) is 0 Å². The van der Waals surface area contributed by atoms with E-state index in [0.29, 0.717) is 26.3 Å². The second-order valence-electron chi connectivity index (χ2n) is 5.64. The van der Waals surface area contributed by atoms with Crippen LogP contribution in [0.25, 0.3) is 0 Å². The van der Waals surface area contributed by atoms with Crippen LogP contribution >= 0.6 is 0 Å². The number of morpholine rings is 2. The molecular formula is C16H19FN2O4. The molecule has 0 aliphatic carbocycles. The molecule has 0 spiro atoms. The summed E-state index contributed by atoms with van der Waals surface area (Å²) in [6.07, 6.45) is -0.910. The number of carbonyl (C=O) groups is 2. The molecule has 2 atom stereocenters. The molecular weight excluding hydrogens is 303 g/mol. The first-order valence-electron chi connectivity index (χ1n) is 7.58. The molecule has 2 saturated heterocycles. The Labute approximate surface area is 133 Å². The molecule has 0 N–H and O–H groups in total. The number of rotatable bonds is 2. The van der Waals surface area contributed by atoms with Crippen LogP contribution in [0, 0.1) is 5.82 Å². The first-order valence-corrected chi connectivity index (χ1v) is 7.58. The fourth-order valence-corrected chi connectivity index (χ4v) is 2.97. The molecule has 2 aliphatic rings. The number of carbonyl (C=O) groups excluding carboxylic acids is 2. The van der Waals surface area contributed by atoms with Crippen LogP contribution < -0.4 is 0 Å². The van der Waals surface area contributed by atoms with Crippen LogP contribution in [0.5, 0.6) is 0 Å². The fourth-order valence-electron chi connectivity index (χ4n) is 2.97. The summed E-state index contributed by atoms with van der Waals surface area (Å²) in [4.78, 5) is 27.8. The van der Waals surface area contributed by atoms with Gasteiger partial charge in [-0.2, -0.15) is 0 Å². The molecule has 124 valence electrons. The lowest BCUT2D eigenvalue weighted by molar-refractivity contribution is -0.169. The molecule has 0 unspecified atom stereocenters. The van der Waals surface area contributed by atoms with Crippen LogP contribution in [0.4, 0.5) is 4.39 Å². The minimum Gasteiger partial charge on any atom is -0.378 e. The van der Waals surface area contributed by atoms with Crippen LogP contribution in [0.3, 0.4) is 0 Å². The second kappa shape index (κ2) is 6.64. The lowest BCUT2D eigenvalue weighted by atomic mass is 9.96. The summed E-state index contributed by atoms with van der Waals surface area (Å²) in [5.74, 6) is -0.965. The van der Waals surface area contributed by atoms with Crippen LogP contribution in [-0.2, 0) is 19.1 Å². The van der Waals surface area contributed by atoms with Crippen molar-refractivity contribution in [3.63, 3.8) is 0 Å². The maximum Gasteiger partial charge on any atom is 0.254 e. The maximum absolute atomic E-state index is 14.2. The monoisotopic (exact) mass is 322 g/mol. The van der Waals surface area contributed by atoms with Crippen molar-refractivity contribution in [1.82, 2.24) is 9.80 Å². The molecule has 0 bridgehead atoms. The van der Waals surface area contributed by atoms with Crippen LogP contribution in [0.2, 0.25) is 0 Å². The van der Waals surface area contributed by atoms with Gasteiger partial charge in [-0.25, -0.2) is 4.39 Å². The van der Waals surface area contributed by atoms with Gasteiger partial charge in [0.2, 0.25) is 5.91 Å². The zero-order valence-electron chi connectivity index (χ0n) is 12.9. The van der Waals surface area contributed by atoms with Gasteiger partial charge in [0.15, 0.2) is 6.10 Å². The Kier molecular flexibility index (Phi) is 4.58. The van der Waals surface area contributed by atoms with Crippen molar-refractivity contribution in [2.45, 2.75) is 12.1 Å². The Bertz CT molecular complexity index is 603. The Hall–Kier alpha value is -1.99. The lowest BCUT2D eigenvalue weighted by Gasteiger charge is -2.40. The summed E-state index contributed by atoms with van der Waals surface area (Å²) >= 11 is 0. The topological polar surface area (TPSA) is 59.1 Å². The standard InChI is InChI=1S/C16H19FN2O4/c1-18-13(20)10-23-15(16(21)19-6-8-22-9-7-19)14(18)11-4-2-3-5-12(11)17/h2-5,14-15H,6-10H2,1H3/t14-,15-/m0/s1. The molecule has 23 heavy (non-hydrogen) atoms. The van der Waals surface area contributed by atoms with Crippen molar-refractivity contribution in [2.75, 3.05) is 40.0 Å². The Morgan fingerprint density at radius 3 is 2.65 bits per heavy atom. The summed E-state index contributed by atoms with van der Waals surface area (Å²) in [5.41, 5.74) is 0.287. The van der Waals surface area contributed by atoms with Gasteiger partial charge in [0, 0.05) is 25.7 Å². The summed E-state index contributed by atoms with van der Waals surface area (Å²) in [5, 5.41) is 0. The van der Waals surface area contributed by atoms with E-state index in [1.165, 1.54) is 11.0 Å². The minimum absolute atomic E-state index is 0.178. The number of halogens is 1. The zero-order chi connectivity index (χ0) is 16.4. The van der Waals surface area contributed by atoms with Crippen molar-refractivity contribution in [2.24, 2.45) is 0 Å². The Balaban J connectivity index is 1.91. The first kappa shape index (κ1) is 15.9. The largest absolute Gasteiger partial charge is 0.378 e. The molecule has 1 aromatic carbocycles.